The van der Waals surface area contributed by atoms with E-state index in [9.17, 15) is 5.26 Å². The minimum absolute atomic E-state index is 0.561. The summed E-state index contributed by atoms with van der Waals surface area (Å²) < 4.78 is 4.69. The SMILES string of the molecule is N#Cc1c(-n2c3ccc(-c4ccccc4)cc3c3cc(-c4ccccc4)ccc32)cc(-c2ccc3c(c2)C2(c4ccccc4-3)c3cnccc3-c3ccncc32)cc1-n1c2ccc(-c3ccccc3)cc2c2cc(-c3ccccc3)ccc21. The van der Waals surface area contributed by atoms with Gasteiger partial charge in [0.15, 0.2) is 0 Å². The van der Waals surface area contributed by atoms with Gasteiger partial charge in [0.1, 0.15) is 11.6 Å². The first-order chi connectivity index (χ1) is 41.1. The summed E-state index contributed by atoms with van der Waals surface area (Å²) in [7, 11) is 0. The highest BCUT2D eigenvalue weighted by atomic mass is 15.0. The van der Waals surface area contributed by atoms with E-state index < -0.39 is 5.41 Å². The third-order valence-electron chi connectivity index (χ3n) is 17.8. The van der Waals surface area contributed by atoms with Crippen molar-refractivity contribution in [1.29, 1.82) is 5.26 Å². The summed E-state index contributed by atoms with van der Waals surface area (Å²) in [5.74, 6) is 0. The molecule has 0 N–H and O–H groups in total. The lowest BCUT2D eigenvalue weighted by molar-refractivity contribution is 0.783. The highest BCUT2D eigenvalue weighted by Crippen LogP contribution is 2.63. The van der Waals surface area contributed by atoms with Gasteiger partial charge in [-0.1, -0.05) is 182 Å². The molecule has 17 rings (SSSR count). The number of rotatable bonds is 7. The second kappa shape index (κ2) is 18.2. The Morgan fingerprint density at radius 2 is 0.639 bits per heavy atom. The van der Waals surface area contributed by atoms with Crippen molar-refractivity contribution in [3.63, 3.8) is 0 Å². The van der Waals surface area contributed by atoms with Crippen LogP contribution in [0.25, 0.3) is 133 Å². The maximum absolute atomic E-state index is 12.2. The lowest BCUT2D eigenvalue weighted by Crippen LogP contribution is -2.26. The van der Waals surface area contributed by atoms with Crippen LogP contribution in [0.15, 0.2) is 286 Å². The fourth-order valence-electron chi connectivity index (χ4n) is 14.1. The molecule has 0 saturated carbocycles. The van der Waals surface area contributed by atoms with Gasteiger partial charge in [0.25, 0.3) is 0 Å². The van der Waals surface area contributed by atoms with E-state index in [4.69, 9.17) is 9.97 Å². The molecule has 0 unspecified atom stereocenters. The number of benzene rings is 11. The Bertz CT molecular complexity index is 4720. The first-order valence-corrected chi connectivity index (χ1v) is 28.2. The average Bonchev–Trinajstić information content (AvgIpc) is 2.93. The van der Waals surface area contributed by atoms with E-state index in [0.29, 0.717) is 5.56 Å². The molecule has 5 heteroatoms. The van der Waals surface area contributed by atoms with Gasteiger partial charge in [-0.15, -0.1) is 0 Å². The minimum atomic E-state index is -0.660. The van der Waals surface area contributed by atoms with Crippen LogP contribution in [0.2, 0.25) is 0 Å². The van der Waals surface area contributed by atoms with Gasteiger partial charge in [-0.05, 0) is 179 Å². The van der Waals surface area contributed by atoms with E-state index in [0.717, 1.165) is 122 Å². The molecule has 0 aliphatic heterocycles. The van der Waals surface area contributed by atoms with Crippen molar-refractivity contribution in [3.8, 4) is 95.3 Å². The number of aromatic nitrogens is 4. The summed E-state index contributed by atoms with van der Waals surface area (Å²) in [6.45, 7) is 0. The quantitative estimate of drug-likeness (QED) is 0.160. The molecule has 0 radical (unpaired) electrons. The molecular formula is C78H47N5. The van der Waals surface area contributed by atoms with Crippen molar-refractivity contribution in [2.75, 3.05) is 0 Å². The van der Waals surface area contributed by atoms with Crippen LogP contribution in [0.1, 0.15) is 27.8 Å². The Kier molecular flexibility index (Phi) is 10.2. The number of hydrogen-bond donors (Lipinski definition) is 0. The molecule has 15 aromatic rings. The summed E-state index contributed by atoms with van der Waals surface area (Å²) in [5, 5.41) is 16.6. The summed E-state index contributed by atoms with van der Waals surface area (Å²) in [5.41, 5.74) is 26.0. The predicted molar refractivity (Wildman–Crippen MR) is 339 cm³/mol. The normalized spacial score (nSPS) is 12.7. The van der Waals surface area contributed by atoms with E-state index in [2.05, 4.69) is 288 Å². The molecule has 4 heterocycles. The fourth-order valence-corrected chi connectivity index (χ4v) is 14.1. The summed E-state index contributed by atoms with van der Waals surface area (Å²) in [6, 6.07) is 97.2. The van der Waals surface area contributed by atoms with Crippen LogP contribution in [-0.4, -0.2) is 19.1 Å². The highest BCUT2D eigenvalue weighted by molar-refractivity contribution is 6.14. The smallest absolute Gasteiger partial charge is 0.104 e. The van der Waals surface area contributed by atoms with Crippen LogP contribution in [0.4, 0.5) is 0 Å². The monoisotopic (exact) mass is 1050 g/mol. The average molecular weight is 1050 g/mol. The maximum atomic E-state index is 12.2. The summed E-state index contributed by atoms with van der Waals surface area (Å²) >= 11 is 0. The van der Waals surface area contributed by atoms with E-state index >= 15 is 0 Å². The van der Waals surface area contributed by atoms with Crippen molar-refractivity contribution < 1.29 is 0 Å². The van der Waals surface area contributed by atoms with Gasteiger partial charge in [-0.2, -0.15) is 5.26 Å². The van der Waals surface area contributed by atoms with Crippen molar-refractivity contribution in [3.05, 3.63) is 313 Å². The molecule has 5 nitrogen and oxygen atoms in total. The predicted octanol–water partition coefficient (Wildman–Crippen LogP) is 19.2. The summed E-state index contributed by atoms with van der Waals surface area (Å²) in [6.07, 6.45) is 7.93. The Balaban J connectivity index is 0.984. The Morgan fingerprint density at radius 3 is 1.05 bits per heavy atom. The maximum Gasteiger partial charge on any atom is 0.104 e. The zero-order valence-corrected chi connectivity index (χ0v) is 44.9. The van der Waals surface area contributed by atoms with E-state index in [-0.39, 0.29) is 0 Å². The van der Waals surface area contributed by atoms with Crippen molar-refractivity contribution in [2.24, 2.45) is 0 Å². The van der Waals surface area contributed by atoms with Gasteiger partial charge in [-0.3, -0.25) is 9.97 Å². The number of nitriles is 1. The van der Waals surface area contributed by atoms with Crippen LogP contribution < -0.4 is 0 Å². The summed E-state index contributed by atoms with van der Waals surface area (Å²) in [4.78, 5) is 9.63. The topological polar surface area (TPSA) is 59.4 Å². The first kappa shape index (κ1) is 46.7. The van der Waals surface area contributed by atoms with Crippen molar-refractivity contribution >= 4 is 43.6 Å². The van der Waals surface area contributed by atoms with E-state index in [1.807, 2.05) is 12.4 Å². The van der Waals surface area contributed by atoms with E-state index in [1.165, 1.54) is 33.4 Å². The molecule has 2 aliphatic carbocycles. The lowest BCUT2D eigenvalue weighted by atomic mass is 9.71. The van der Waals surface area contributed by atoms with Crippen LogP contribution in [-0.2, 0) is 5.41 Å². The lowest BCUT2D eigenvalue weighted by Gasteiger charge is -2.30. The van der Waals surface area contributed by atoms with Crippen LogP contribution in [0, 0.1) is 11.3 Å². The molecular weight excluding hydrogens is 1010 g/mol. The highest BCUT2D eigenvalue weighted by Gasteiger charge is 2.52. The van der Waals surface area contributed by atoms with Gasteiger partial charge in [0.2, 0.25) is 0 Å². The molecule has 0 fully saturated rings. The Labute approximate surface area is 479 Å². The van der Waals surface area contributed by atoms with Crippen molar-refractivity contribution in [1.82, 2.24) is 19.1 Å². The largest absolute Gasteiger partial charge is 0.308 e. The molecule has 0 saturated heterocycles. The van der Waals surface area contributed by atoms with Crippen LogP contribution in [0.5, 0.6) is 0 Å². The number of nitrogens with zero attached hydrogens (tertiary/aromatic N) is 5. The molecule has 4 aromatic heterocycles. The van der Waals surface area contributed by atoms with Gasteiger partial charge >= 0.3 is 0 Å². The molecule has 0 amide bonds. The fraction of sp³-hybridized carbons (Fsp3) is 0.0128. The van der Waals surface area contributed by atoms with Crippen LogP contribution >= 0.6 is 0 Å². The third-order valence-corrected chi connectivity index (χ3v) is 17.8. The molecule has 2 aliphatic rings. The zero-order chi connectivity index (χ0) is 54.8. The molecule has 0 bridgehead atoms. The Hall–Kier alpha value is -11.2. The molecule has 0 atom stereocenters. The van der Waals surface area contributed by atoms with Gasteiger partial charge in [0, 0.05) is 46.3 Å². The second-order valence-electron chi connectivity index (χ2n) is 22.0. The number of fused-ring (bicyclic) bond motifs is 16. The van der Waals surface area contributed by atoms with Crippen molar-refractivity contribution in [2.45, 2.75) is 5.41 Å². The van der Waals surface area contributed by atoms with Gasteiger partial charge < -0.3 is 9.13 Å². The van der Waals surface area contributed by atoms with Crippen LogP contribution in [0.3, 0.4) is 0 Å². The van der Waals surface area contributed by atoms with Gasteiger partial charge in [0.05, 0.1) is 38.9 Å². The molecule has 11 aromatic carbocycles. The Morgan fingerprint density at radius 1 is 0.289 bits per heavy atom. The zero-order valence-electron chi connectivity index (χ0n) is 44.9. The first-order valence-electron chi connectivity index (χ1n) is 28.2. The minimum Gasteiger partial charge on any atom is -0.308 e. The molecule has 83 heavy (non-hydrogen) atoms. The third kappa shape index (κ3) is 6.88. The molecule has 1 spiro atoms. The number of hydrogen-bond acceptors (Lipinski definition) is 3. The van der Waals surface area contributed by atoms with E-state index in [1.54, 1.807) is 0 Å². The van der Waals surface area contributed by atoms with Gasteiger partial charge in [-0.25, -0.2) is 0 Å². The number of pyridine rings is 2. The molecule has 384 valence electrons. The standard InChI is InChI=1S/C78H47N5/c79-46-67-76(82-72-31-26-53(49-15-5-1-6-16-49)39-63(72)64-40-54(27-32-73(64)82)50-17-7-2-8-18-50)44-58(57-25-30-60-59-23-13-14-24-68(59)78(69(60)43-57)70-47-80-37-35-61(70)62-36-38-81-48-71(62)78)45-77(67)83-74-33-28-55(51-19-9-3-10-20-51)41-65(74)66-42-56(29-34-75(66)83)52-21-11-4-12-22-52/h1-45,47-48H. The second-order valence-corrected chi connectivity index (χ2v) is 22.0.